The molecule has 0 radical (unpaired) electrons. The smallest absolute Gasteiger partial charge is 0.244 e. The van der Waals surface area contributed by atoms with Crippen molar-refractivity contribution in [1.29, 1.82) is 0 Å². The normalized spacial score (nSPS) is 11.8. The number of carbonyl (C=O) groups excluding carboxylic acids is 1. The standard InChI is InChI=1S/C24H34N2O3S/c1-18(2)11-13-25-23(27)17-26(14-12-22-9-7-6-8-10-22)30(28,29)24-20(4)15-19(3)16-21(24)5/h6-10,15-16,18H,11-14,17H2,1-5H3,(H,25,27). The minimum Gasteiger partial charge on any atom is -0.355 e. The number of aryl methyl sites for hydroxylation is 3. The van der Waals surface area contributed by atoms with Crippen LogP contribution < -0.4 is 5.32 Å². The van der Waals surface area contributed by atoms with Gasteiger partial charge in [-0.05, 0) is 56.2 Å². The lowest BCUT2D eigenvalue weighted by atomic mass is 10.1. The number of nitrogens with zero attached hydrogens (tertiary/aromatic N) is 1. The maximum Gasteiger partial charge on any atom is 0.244 e. The number of hydrogen-bond donors (Lipinski definition) is 1. The molecule has 6 heteroatoms. The van der Waals surface area contributed by atoms with E-state index < -0.39 is 10.0 Å². The molecule has 2 aromatic carbocycles. The Labute approximate surface area is 181 Å². The fourth-order valence-corrected chi connectivity index (χ4v) is 5.41. The van der Waals surface area contributed by atoms with Crippen LogP contribution in [0.25, 0.3) is 0 Å². The zero-order valence-corrected chi connectivity index (χ0v) is 19.6. The zero-order valence-electron chi connectivity index (χ0n) is 18.7. The molecule has 5 nitrogen and oxygen atoms in total. The van der Waals surface area contributed by atoms with Crippen molar-refractivity contribution in [3.63, 3.8) is 0 Å². The van der Waals surface area contributed by atoms with Crippen LogP contribution in [0.15, 0.2) is 47.4 Å². The number of amides is 1. The van der Waals surface area contributed by atoms with Gasteiger partial charge < -0.3 is 5.32 Å². The molecule has 0 heterocycles. The Morgan fingerprint density at radius 1 is 1.03 bits per heavy atom. The van der Waals surface area contributed by atoms with Crippen LogP contribution >= 0.6 is 0 Å². The molecule has 0 aliphatic carbocycles. The summed E-state index contributed by atoms with van der Waals surface area (Å²) in [4.78, 5) is 12.8. The summed E-state index contributed by atoms with van der Waals surface area (Å²) in [7, 11) is -3.81. The van der Waals surface area contributed by atoms with Crippen LogP contribution in [0.3, 0.4) is 0 Å². The Balaban J connectivity index is 2.28. The summed E-state index contributed by atoms with van der Waals surface area (Å²) in [5.41, 5.74) is 3.47. The Morgan fingerprint density at radius 2 is 1.63 bits per heavy atom. The topological polar surface area (TPSA) is 66.5 Å². The molecule has 0 saturated heterocycles. The van der Waals surface area contributed by atoms with Crippen LogP contribution in [-0.4, -0.2) is 38.3 Å². The molecule has 0 unspecified atom stereocenters. The fourth-order valence-electron chi connectivity index (χ4n) is 3.60. The van der Waals surface area contributed by atoms with E-state index in [9.17, 15) is 13.2 Å². The van der Waals surface area contributed by atoms with Crippen molar-refractivity contribution < 1.29 is 13.2 Å². The molecule has 0 aromatic heterocycles. The van der Waals surface area contributed by atoms with Crippen LogP contribution in [-0.2, 0) is 21.2 Å². The van der Waals surface area contributed by atoms with Gasteiger partial charge in [-0.25, -0.2) is 8.42 Å². The lowest BCUT2D eigenvalue weighted by molar-refractivity contribution is -0.121. The van der Waals surface area contributed by atoms with E-state index in [4.69, 9.17) is 0 Å². The molecule has 0 bridgehead atoms. The second-order valence-corrected chi connectivity index (χ2v) is 10.2. The first-order chi connectivity index (χ1) is 14.1. The average molecular weight is 431 g/mol. The largest absolute Gasteiger partial charge is 0.355 e. The zero-order chi connectivity index (χ0) is 22.3. The van der Waals surface area contributed by atoms with Crippen molar-refractivity contribution in [2.45, 2.75) is 52.4 Å². The van der Waals surface area contributed by atoms with Crippen LogP contribution in [0.2, 0.25) is 0 Å². The number of rotatable bonds is 10. The molecule has 2 rings (SSSR count). The van der Waals surface area contributed by atoms with Gasteiger partial charge >= 0.3 is 0 Å². The van der Waals surface area contributed by atoms with Crippen molar-refractivity contribution in [3.05, 3.63) is 64.7 Å². The van der Waals surface area contributed by atoms with Crippen molar-refractivity contribution in [1.82, 2.24) is 9.62 Å². The predicted octanol–water partition coefficient (Wildman–Crippen LogP) is 4.01. The second kappa shape index (κ2) is 10.7. The summed E-state index contributed by atoms with van der Waals surface area (Å²) in [6, 6.07) is 13.5. The molecular weight excluding hydrogens is 396 g/mol. The minimum absolute atomic E-state index is 0.181. The number of nitrogens with one attached hydrogen (secondary N) is 1. The Bertz CT molecular complexity index is 931. The van der Waals surface area contributed by atoms with Gasteiger partial charge in [0, 0.05) is 13.1 Å². The third-order valence-corrected chi connectivity index (χ3v) is 7.21. The van der Waals surface area contributed by atoms with Crippen LogP contribution in [0.4, 0.5) is 0 Å². The minimum atomic E-state index is -3.81. The summed E-state index contributed by atoms with van der Waals surface area (Å²) in [5.74, 6) is 0.204. The highest BCUT2D eigenvalue weighted by atomic mass is 32.2. The monoisotopic (exact) mass is 430 g/mol. The maximum atomic E-state index is 13.6. The van der Waals surface area contributed by atoms with Crippen molar-refractivity contribution in [3.8, 4) is 0 Å². The van der Waals surface area contributed by atoms with E-state index in [1.54, 1.807) is 0 Å². The highest BCUT2D eigenvalue weighted by Gasteiger charge is 2.29. The summed E-state index contributed by atoms with van der Waals surface area (Å²) in [6.07, 6.45) is 1.40. The lowest BCUT2D eigenvalue weighted by Gasteiger charge is -2.24. The number of hydrogen-bond acceptors (Lipinski definition) is 3. The van der Waals surface area contributed by atoms with E-state index in [2.05, 4.69) is 19.2 Å². The van der Waals surface area contributed by atoms with E-state index in [0.29, 0.717) is 34.9 Å². The van der Waals surface area contributed by atoms with E-state index in [0.717, 1.165) is 17.5 Å². The maximum absolute atomic E-state index is 13.6. The number of carbonyl (C=O) groups is 1. The molecule has 0 fully saturated rings. The summed E-state index contributed by atoms with van der Waals surface area (Å²) in [6.45, 7) is 10.4. The Hall–Kier alpha value is -2.18. The van der Waals surface area contributed by atoms with Gasteiger partial charge in [-0.1, -0.05) is 61.9 Å². The lowest BCUT2D eigenvalue weighted by Crippen LogP contribution is -2.42. The summed E-state index contributed by atoms with van der Waals surface area (Å²) >= 11 is 0. The Morgan fingerprint density at radius 3 is 2.20 bits per heavy atom. The van der Waals surface area contributed by atoms with Gasteiger partial charge in [-0.2, -0.15) is 4.31 Å². The fraction of sp³-hybridized carbons (Fsp3) is 0.458. The molecule has 2 aromatic rings. The van der Waals surface area contributed by atoms with E-state index in [1.165, 1.54) is 4.31 Å². The number of sulfonamides is 1. The van der Waals surface area contributed by atoms with Crippen LogP contribution in [0.5, 0.6) is 0 Å². The molecule has 164 valence electrons. The van der Waals surface area contributed by atoms with Crippen molar-refractivity contribution >= 4 is 15.9 Å². The van der Waals surface area contributed by atoms with E-state index >= 15 is 0 Å². The first-order valence-electron chi connectivity index (χ1n) is 10.5. The van der Waals surface area contributed by atoms with Gasteiger partial charge in [0.05, 0.1) is 11.4 Å². The SMILES string of the molecule is Cc1cc(C)c(S(=O)(=O)N(CCc2ccccc2)CC(=O)NCCC(C)C)c(C)c1. The predicted molar refractivity (Wildman–Crippen MR) is 122 cm³/mol. The van der Waals surface area contributed by atoms with Crippen molar-refractivity contribution in [2.24, 2.45) is 5.92 Å². The molecule has 30 heavy (non-hydrogen) atoms. The second-order valence-electron chi connectivity index (χ2n) is 8.33. The average Bonchev–Trinajstić information content (AvgIpc) is 2.64. The quantitative estimate of drug-likeness (QED) is 0.619. The van der Waals surface area contributed by atoms with Gasteiger partial charge in [0.1, 0.15) is 0 Å². The van der Waals surface area contributed by atoms with Gasteiger partial charge in [-0.3, -0.25) is 4.79 Å². The molecule has 0 atom stereocenters. The highest BCUT2D eigenvalue weighted by molar-refractivity contribution is 7.89. The summed E-state index contributed by atoms with van der Waals surface area (Å²) < 4.78 is 28.5. The van der Waals surface area contributed by atoms with Crippen LogP contribution in [0, 0.1) is 26.7 Å². The first kappa shape index (κ1) is 24.1. The third kappa shape index (κ3) is 6.67. The molecule has 1 amide bonds. The molecule has 1 N–H and O–H groups in total. The third-order valence-electron chi connectivity index (χ3n) is 5.06. The van der Waals surface area contributed by atoms with Crippen LogP contribution in [0.1, 0.15) is 42.5 Å². The molecular formula is C24H34N2O3S. The highest BCUT2D eigenvalue weighted by Crippen LogP contribution is 2.25. The summed E-state index contributed by atoms with van der Waals surface area (Å²) in [5, 5.41) is 2.86. The van der Waals surface area contributed by atoms with Gasteiger partial charge in [0.2, 0.25) is 15.9 Å². The molecule has 0 aliphatic heterocycles. The van der Waals surface area contributed by atoms with Crippen molar-refractivity contribution in [2.75, 3.05) is 19.6 Å². The molecule has 0 spiro atoms. The van der Waals surface area contributed by atoms with Gasteiger partial charge in [0.15, 0.2) is 0 Å². The Kier molecular flexibility index (Phi) is 8.62. The van der Waals surface area contributed by atoms with E-state index in [1.807, 2.05) is 63.2 Å². The first-order valence-corrected chi connectivity index (χ1v) is 11.9. The molecule has 0 aliphatic rings. The van der Waals surface area contributed by atoms with E-state index in [-0.39, 0.29) is 19.0 Å². The van der Waals surface area contributed by atoms with Gasteiger partial charge in [-0.15, -0.1) is 0 Å². The number of benzene rings is 2. The van der Waals surface area contributed by atoms with Gasteiger partial charge in [0.25, 0.3) is 0 Å². The molecule has 0 saturated carbocycles.